The van der Waals surface area contributed by atoms with E-state index in [0.29, 0.717) is 0 Å². The summed E-state index contributed by atoms with van der Waals surface area (Å²) in [5.74, 6) is 0. The highest BCUT2D eigenvalue weighted by molar-refractivity contribution is 7.99. The first-order chi connectivity index (χ1) is 7.25. The lowest BCUT2D eigenvalue weighted by Gasteiger charge is -2.04. The Morgan fingerprint density at radius 1 is 1.20 bits per heavy atom. The van der Waals surface area contributed by atoms with Gasteiger partial charge in [0, 0.05) is 16.1 Å². The van der Waals surface area contributed by atoms with Crippen LogP contribution in [0.3, 0.4) is 0 Å². The molecule has 0 aliphatic rings. The summed E-state index contributed by atoms with van der Waals surface area (Å²) in [5.41, 5.74) is 1.22. The third-order valence-electron chi connectivity index (χ3n) is 2.00. The summed E-state index contributed by atoms with van der Waals surface area (Å²) in [6, 6.07) is 11.8. The molecule has 0 unspecified atom stereocenters. The van der Waals surface area contributed by atoms with Crippen LogP contribution in [0.25, 0.3) is 0 Å². The number of rotatable bonds is 2. The molecule has 1 aromatic heterocycles. The molecule has 2 rings (SSSR count). The van der Waals surface area contributed by atoms with Crippen molar-refractivity contribution in [2.45, 2.75) is 16.8 Å². The second-order valence-corrected chi connectivity index (χ2v) is 4.68. The van der Waals surface area contributed by atoms with Crippen molar-refractivity contribution in [1.82, 2.24) is 4.98 Å². The quantitative estimate of drug-likeness (QED) is 0.774. The molecule has 15 heavy (non-hydrogen) atoms. The van der Waals surface area contributed by atoms with Gasteiger partial charge in [-0.2, -0.15) is 0 Å². The maximum Gasteiger partial charge on any atom is 0.101 e. The Bertz CT molecular complexity index is 456. The number of hydrogen-bond donors (Lipinski definition) is 0. The summed E-state index contributed by atoms with van der Waals surface area (Å²) in [6.45, 7) is 2.07. The predicted molar refractivity (Wildman–Crippen MR) is 64.5 cm³/mol. The lowest BCUT2D eigenvalue weighted by Crippen LogP contribution is -1.81. The molecule has 0 saturated carbocycles. The van der Waals surface area contributed by atoms with Crippen LogP contribution in [0, 0.1) is 6.92 Å². The topological polar surface area (TPSA) is 12.9 Å². The second-order valence-electron chi connectivity index (χ2n) is 3.18. The summed E-state index contributed by atoms with van der Waals surface area (Å²) in [6.07, 6.45) is 1.79. The molecule has 0 atom stereocenters. The molecule has 1 nitrogen and oxygen atoms in total. The van der Waals surface area contributed by atoms with Crippen molar-refractivity contribution in [3.05, 3.63) is 53.2 Å². The van der Waals surface area contributed by atoms with E-state index in [1.165, 1.54) is 5.56 Å². The van der Waals surface area contributed by atoms with E-state index in [1.807, 2.05) is 36.4 Å². The van der Waals surface area contributed by atoms with E-state index in [0.717, 1.165) is 14.9 Å². The Labute approximate surface area is 98.5 Å². The van der Waals surface area contributed by atoms with Crippen molar-refractivity contribution in [2.24, 2.45) is 0 Å². The van der Waals surface area contributed by atoms with Crippen LogP contribution in [0.1, 0.15) is 5.56 Å². The van der Waals surface area contributed by atoms with E-state index < -0.39 is 0 Å². The predicted octanol–water partition coefficient (Wildman–Crippen LogP) is 4.19. The minimum atomic E-state index is 0.763. The molecule has 0 saturated heterocycles. The largest absolute Gasteiger partial charge is 0.250 e. The third kappa shape index (κ3) is 2.74. The van der Waals surface area contributed by atoms with E-state index in [9.17, 15) is 0 Å². The maximum absolute atomic E-state index is 5.95. The molecule has 0 N–H and O–H groups in total. The molecule has 76 valence electrons. The summed E-state index contributed by atoms with van der Waals surface area (Å²) < 4.78 is 0. The van der Waals surface area contributed by atoms with Gasteiger partial charge < -0.3 is 0 Å². The summed E-state index contributed by atoms with van der Waals surface area (Å²) in [5, 5.41) is 1.75. The van der Waals surface area contributed by atoms with Gasteiger partial charge in [0.2, 0.25) is 0 Å². The number of benzene rings is 1. The molecule has 0 aliphatic heterocycles. The monoisotopic (exact) mass is 235 g/mol. The number of pyridine rings is 1. The fraction of sp³-hybridized carbons (Fsp3) is 0.0833. The van der Waals surface area contributed by atoms with E-state index >= 15 is 0 Å². The Morgan fingerprint density at radius 3 is 2.80 bits per heavy atom. The van der Waals surface area contributed by atoms with Crippen LogP contribution in [0.2, 0.25) is 5.02 Å². The first kappa shape index (κ1) is 10.5. The molecular weight excluding hydrogens is 226 g/mol. The SMILES string of the molecule is Cc1ccc(Cl)cc1Sc1ccccn1. The van der Waals surface area contributed by atoms with Gasteiger partial charge in [0.15, 0.2) is 0 Å². The molecule has 0 fully saturated rings. The number of hydrogen-bond acceptors (Lipinski definition) is 2. The van der Waals surface area contributed by atoms with Crippen molar-refractivity contribution < 1.29 is 0 Å². The Balaban J connectivity index is 2.28. The zero-order chi connectivity index (χ0) is 10.7. The van der Waals surface area contributed by atoms with Crippen LogP contribution in [0.5, 0.6) is 0 Å². The molecule has 0 aliphatic carbocycles. The summed E-state index contributed by atoms with van der Waals surface area (Å²) >= 11 is 7.58. The number of aromatic nitrogens is 1. The average molecular weight is 236 g/mol. The molecule has 0 bridgehead atoms. The first-order valence-electron chi connectivity index (χ1n) is 4.61. The lowest BCUT2D eigenvalue weighted by molar-refractivity contribution is 1.13. The summed E-state index contributed by atoms with van der Waals surface area (Å²) in [7, 11) is 0. The number of nitrogens with zero attached hydrogens (tertiary/aromatic N) is 1. The van der Waals surface area contributed by atoms with Crippen molar-refractivity contribution in [3.8, 4) is 0 Å². The molecule has 1 aromatic carbocycles. The standard InChI is InChI=1S/C12H10ClNS/c1-9-5-6-10(13)8-11(9)15-12-4-2-3-7-14-12/h2-8H,1H3. The van der Waals surface area contributed by atoms with E-state index in [2.05, 4.69) is 11.9 Å². The Kier molecular flexibility index (Phi) is 3.29. The Hall–Kier alpha value is -0.990. The van der Waals surface area contributed by atoms with Crippen LogP contribution in [-0.4, -0.2) is 4.98 Å². The second kappa shape index (κ2) is 4.69. The molecule has 0 spiro atoms. The normalized spacial score (nSPS) is 10.3. The average Bonchev–Trinajstić information content (AvgIpc) is 2.25. The minimum absolute atomic E-state index is 0.763. The van der Waals surface area contributed by atoms with Gasteiger partial charge >= 0.3 is 0 Å². The number of aryl methyl sites for hydroxylation is 1. The molecule has 3 heteroatoms. The minimum Gasteiger partial charge on any atom is -0.250 e. The molecular formula is C12H10ClNS. The van der Waals surface area contributed by atoms with Gasteiger partial charge in [-0.05, 0) is 36.8 Å². The van der Waals surface area contributed by atoms with Gasteiger partial charge in [-0.1, -0.05) is 35.5 Å². The fourth-order valence-electron chi connectivity index (χ4n) is 1.20. The third-order valence-corrected chi connectivity index (χ3v) is 3.35. The van der Waals surface area contributed by atoms with Crippen LogP contribution in [-0.2, 0) is 0 Å². The molecule has 1 heterocycles. The maximum atomic E-state index is 5.95. The van der Waals surface area contributed by atoms with Gasteiger partial charge in [0.25, 0.3) is 0 Å². The van der Waals surface area contributed by atoms with Crippen molar-refractivity contribution >= 4 is 23.4 Å². The highest BCUT2D eigenvalue weighted by atomic mass is 35.5. The van der Waals surface area contributed by atoms with Crippen LogP contribution < -0.4 is 0 Å². The smallest absolute Gasteiger partial charge is 0.101 e. The van der Waals surface area contributed by atoms with Crippen LogP contribution in [0.4, 0.5) is 0 Å². The zero-order valence-electron chi connectivity index (χ0n) is 8.27. The van der Waals surface area contributed by atoms with Crippen molar-refractivity contribution in [1.29, 1.82) is 0 Å². The Morgan fingerprint density at radius 2 is 2.07 bits per heavy atom. The first-order valence-corrected chi connectivity index (χ1v) is 5.80. The fourth-order valence-corrected chi connectivity index (χ4v) is 2.34. The number of halogens is 1. The lowest BCUT2D eigenvalue weighted by atomic mass is 10.2. The van der Waals surface area contributed by atoms with E-state index in [-0.39, 0.29) is 0 Å². The van der Waals surface area contributed by atoms with Gasteiger partial charge in [0.1, 0.15) is 5.03 Å². The van der Waals surface area contributed by atoms with Gasteiger partial charge in [-0.25, -0.2) is 4.98 Å². The van der Waals surface area contributed by atoms with E-state index in [4.69, 9.17) is 11.6 Å². The van der Waals surface area contributed by atoms with Crippen LogP contribution in [0.15, 0.2) is 52.5 Å². The van der Waals surface area contributed by atoms with Gasteiger partial charge in [0.05, 0.1) is 0 Å². The van der Waals surface area contributed by atoms with E-state index in [1.54, 1.807) is 18.0 Å². The van der Waals surface area contributed by atoms with Crippen molar-refractivity contribution in [3.63, 3.8) is 0 Å². The van der Waals surface area contributed by atoms with Gasteiger partial charge in [-0.3, -0.25) is 0 Å². The highest BCUT2D eigenvalue weighted by Crippen LogP contribution is 2.30. The zero-order valence-corrected chi connectivity index (χ0v) is 9.85. The van der Waals surface area contributed by atoms with Gasteiger partial charge in [-0.15, -0.1) is 0 Å². The summed E-state index contributed by atoms with van der Waals surface area (Å²) in [4.78, 5) is 5.42. The van der Waals surface area contributed by atoms with Crippen LogP contribution >= 0.6 is 23.4 Å². The molecule has 0 amide bonds. The highest BCUT2D eigenvalue weighted by Gasteiger charge is 2.02. The molecule has 0 radical (unpaired) electrons. The van der Waals surface area contributed by atoms with Crippen molar-refractivity contribution in [2.75, 3.05) is 0 Å². The molecule has 2 aromatic rings.